The summed E-state index contributed by atoms with van der Waals surface area (Å²) in [5.41, 5.74) is 0.306. The van der Waals surface area contributed by atoms with E-state index in [1.807, 2.05) is 0 Å². The zero-order valence-corrected chi connectivity index (χ0v) is 16.5. The second kappa shape index (κ2) is 8.73. The van der Waals surface area contributed by atoms with Gasteiger partial charge in [-0.1, -0.05) is 23.7 Å². The van der Waals surface area contributed by atoms with Crippen molar-refractivity contribution in [1.29, 1.82) is 0 Å². The average molecular weight is 458 g/mol. The monoisotopic (exact) mass is 456 g/mol. The number of ether oxygens (including phenoxy) is 1. The van der Waals surface area contributed by atoms with Crippen molar-refractivity contribution < 1.29 is 19.4 Å². The molecule has 27 heavy (non-hydrogen) atoms. The van der Waals surface area contributed by atoms with Crippen LogP contribution >= 0.6 is 27.5 Å². The van der Waals surface area contributed by atoms with Crippen molar-refractivity contribution in [2.45, 2.75) is 37.8 Å². The van der Waals surface area contributed by atoms with Crippen LogP contribution in [0.15, 0.2) is 28.7 Å². The van der Waals surface area contributed by atoms with Gasteiger partial charge >= 0.3 is 6.09 Å². The summed E-state index contributed by atoms with van der Waals surface area (Å²) in [6, 6.07) is 6.59. The van der Waals surface area contributed by atoms with Gasteiger partial charge in [0.25, 0.3) is 11.8 Å². The molecule has 0 unspecified atom stereocenters. The highest BCUT2D eigenvalue weighted by molar-refractivity contribution is 9.10. The van der Waals surface area contributed by atoms with Crippen LogP contribution in [-0.4, -0.2) is 39.5 Å². The Balaban J connectivity index is 1.59. The maximum Gasteiger partial charge on any atom is 0.414 e. The van der Waals surface area contributed by atoms with Gasteiger partial charge in [0, 0.05) is 6.04 Å². The second-order valence-electron chi connectivity index (χ2n) is 6.19. The van der Waals surface area contributed by atoms with Gasteiger partial charge in [-0.25, -0.2) is 4.79 Å². The molecule has 1 aliphatic carbocycles. The van der Waals surface area contributed by atoms with E-state index in [9.17, 15) is 14.7 Å². The van der Waals surface area contributed by atoms with Gasteiger partial charge in [0.1, 0.15) is 10.3 Å². The number of nitrogens with zero attached hydrogens (tertiary/aromatic N) is 1. The lowest BCUT2D eigenvalue weighted by Crippen LogP contribution is -2.40. The van der Waals surface area contributed by atoms with Crippen molar-refractivity contribution in [3.8, 4) is 5.88 Å². The van der Waals surface area contributed by atoms with Gasteiger partial charge in [0.15, 0.2) is 0 Å². The Hall–Kier alpha value is -2.10. The van der Waals surface area contributed by atoms with E-state index in [-0.39, 0.29) is 23.8 Å². The van der Waals surface area contributed by atoms with Crippen LogP contribution in [0.1, 0.15) is 36.0 Å². The van der Waals surface area contributed by atoms with E-state index in [1.165, 1.54) is 0 Å². The van der Waals surface area contributed by atoms with E-state index in [1.54, 1.807) is 24.3 Å². The summed E-state index contributed by atoms with van der Waals surface area (Å²) < 4.78 is 5.49. The van der Waals surface area contributed by atoms with E-state index in [4.69, 9.17) is 16.3 Å². The number of halogens is 2. The summed E-state index contributed by atoms with van der Waals surface area (Å²) in [4.78, 5) is 24.3. The summed E-state index contributed by atoms with van der Waals surface area (Å²) in [5.74, 6) is -0.192. The molecule has 1 aromatic carbocycles. The number of hydrogen-bond donors (Lipinski definition) is 4. The summed E-state index contributed by atoms with van der Waals surface area (Å²) in [6.07, 6.45) is 1.73. The Bertz CT molecular complexity index is 836. The van der Waals surface area contributed by atoms with Gasteiger partial charge in [-0.2, -0.15) is 0 Å². The molecule has 0 saturated heterocycles. The van der Waals surface area contributed by atoms with Crippen LogP contribution in [0.4, 0.5) is 10.6 Å². The maximum absolute atomic E-state index is 12.3. The minimum Gasteiger partial charge on any atom is -0.393 e. The highest BCUT2D eigenvalue weighted by atomic mass is 79.9. The summed E-state index contributed by atoms with van der Waals surface area (Å²) in [7, 11) is 0. The third-order valence-electron chi connectivity index (χ3n) is 4.24. The average Bonchev–Trinajstić information content (AvgIpc) is 2.97. The largest absolute Gasteiger partial charge is 0.414 e. The molecule has 2 amide bonds. The zero-order chi connectivity index (χ0) is 19.4. The summed E-state index contributed by atoms with van der Waals surface area (Å²) >= 11 is 9.26. The lowest BCUT2D eigenvalue weighted by atomic mass is 9.93. The van der Waals surface area contributed by atoms with Crippen LogP contribution in [0.2, 0.25) is 5.02 Å². The van der Waals surface area contributed by atoms with Crippen molar-refractivity contribution in [2.75, 3.05) is 5.32 Å². The number of anilines is 1. The van der Waals surface area contributed by atoms with Crippen LogP contribution in [0.3, 0.4) is 0 Å². The fraction of sp³-hybridized carbons (Fsp3) is 0.353. The highest BCUT2D eigenvalue weighted by Crippen LogP contribution is 2.30. The van der Waals surface area contributed by atoms with Gasteiger partial charge in [0.05, 0.1) is 16.7 Å². The molecule has 0 spiro atoms. The highest BCUT2D eigenvalue weighted by Gasteiger charge is 2.23. The smallest absolute Gasteiger partial charge is 0.393 e. The van der Waals surface area contributed by atoms with Gasteiger partial charge in [-0.05, 0) is 53.7 Å². The molecule has 10 heteroatoms. The van der Waals surface area contributed by atoms with Gasteiger partial charge in [-0.3, -0.25) is 9.89 Å². The Morgan fingerprint density at radius 3 is 2.67 bits per heavy atom. The van der Waals surface area contributed by atoms with Gasteiger partial charge < -0.3 is 20.5 Å². The normalized spacial score (nSPS) is 19.4. The van der Waals surface area contributed by atoms with Crippen molar-refractivity contribution in [3.05, 3.63) is 39.3 Å². The van der Waals surface area contributed by atoms with Crippen LogP contribution in [-0.2, 0) is 0 Å². The third kappa shape index (κ3) is 5.00. The van der Waals surface area contributed by atoms with E-state index in [0.717, 1.165) is 0 Å². The Morgan fingerprint density at radius 1 is 1.26 bits per heavy atom. The quantitative estimate of drug-likeness (QED) is 0.561. The van der Waals surface area contributed by atoms with Crippen LogP contribution in [0, 0.1) is 0 Å². The zero-order valence-electron chi connectivity index (χ0n) is 14.2. The third-order valence-corrected chi connectivity index (χ3v) is 5.31. The van der Waals surface area contributed by atoms with Crippen molar-refractivity contribution >= 4 is 45.3 Å². The number of aromatic amines is 1. The van der Waals surface area contributed by atoms with Crippen LogP contribution in [0.25, 0.3) is 0 Å². The van der Waals surface area contributed by atoms with E-state index >= 15 is 0 Å². The van der Waals surface area contributed by atoms with Crippen molar-refractivity contribution in [1.82, 2.24) is 15.5 Å². The van der Waals surface area contributed by atoms with E-state index in [2.05, 4.69) is 36.8 Å². The van der Waals surface area contributed by atoms with Crippen molar-refractivity contribution in [2.24, 2.45) is 0 Å². The van der Waals surface area contributed by atoms with E-state index in [0.29, 0.717) is 40.7 Å². The molecule has 4 N–H and O–H groups in total. The molecule has 0 atom stereocenters. The minimum absolute atomic E-state index is 0.00203. The fourth-order valence-electron chi connectivity index (χ4n) is 2.79. The second-order valence-corrected chi connectivity index (χ2v) is 7.39. The lowest BCUT2D eigenvalue weighted by molar-refractivity contribution is 0.102. The molecule has 0 radical (unpaired) electrons. The Labute approximate surface area is 168 Å². The van der Waals surface area contributed by atoms with E-state index < -0.39 is 12.0 Å². The molecule has 1 aromatic heterocycles. The number of aliphatic hydroxyl groups is 1. The number of nitrogens with one attached hydrogen (secondary N) is 3. The maximum atomic E-state index is 12.3. The number of benzene rings is 1. The lowest BCUT2D eigenvalue weighted by Gasteiger charge is -2.25. The molecule has 0 bridgehead atoms. The molecule has 1 fully saturated rings. The summed E-state index contributed by atoms with van der Waals surface area (Å²) in [6.45, 7) is 0. The fourth-order valence-corrected chi connectivity index (χ4v) is 3.37. The van der Waals surface area contributed by atoms with Gasteiger partial charge in [0.2, 0.25) is 0 Å². The number of aliphatic hydroxyl groups excluding tert-OH is 1. The Morgan fingerprint density at radius 2 is 1.96 bits per heavy atom. The molecule has 1 saturated carbocycles. The first kappa shape index (κ1) is 19.7. The number of aromatic nitrogens is 2. The minimum atomic E-state index is -0.646. The first-order valence-corrected chi connectivity index (χ1v) is 9.57. The molecule has 2 aromatic rings. The Kier molecular flexibility index (Phi) is 6.35. The number of amides is 2. The van der Waals surface area contributed by atoms with Crippen LogP contribution < -0.4 is 15.4 Å². The molecule has 3 rings (SSSR count). The molecule has 1 heterocycles. The number of hydrogen-bond acceptors (Lipinski definition) is 5. The molecule has 0 aliphatic heterocycles. The number of rotatable bonds is 4. The molecule has 144 valence electrons. The topological polar surface area (TPSA) is 116 Å². The molecule has 1 aliphatic rings. The SMILES string of the molecule is O=C(NC1CCC(O)CC1)Oc1n[nH]c(NC(=O)c2ccccc2Cl)c1Br. The first-order valence-electron chi connectivity index (χ1n) is 8.40. The summed E-state index contributed by atoms with van der Waals surface area (Å²) in [5, 5.41) is 21.7. The van der Waals surface area contributed by atoms with Gasteiger partial charge in [-0.15, -0.1) is 5.10 Å². The standard InChI is InChI=1S/C17H18BrClN4O4/c18-13-14(21-15(25)11-3-1-2-4-12(11)19)22-23-16(13)27-17(26)20-9-5-7-10(24)8-6-9/h1-4,9-10,24H,5-8H2,(H,20,26)(H2,21,22,23,25). The number of H-pyrrole nitrogens is 1. The van der Waals surface area contributed by atoms with Crippen LogP contribution in [0.5, 0.6) is 5.88 Å². The molecule has 8 nitrogen and oxygen atoms in total. The number of carbonyl (C=O) groups is 2. The molecular weight excluding hydrogens is 440 g/mol. The predicted molar refractivity (Wildman–Crippen MR) is 103 cm³/mol. The van der Waals surface area contributed by atoms with Crippen molar-refractivity contribution in [3.63, 3.8) is 0 Å². The molecular formula is C17H18BrClN4O4. The predicted octanol–water partition coefficient (Wildman–Crippen LogP) is 3.47. The first-order chi connectivity index (χ1) is 12.9. The number of carbonyl (C=O) groups excluding carboxylic acids is 2.